The quantitative estimate of drug-likeness (QED) is 0.689. The second-order valence-corrected chi connectivity index (χ2v) is 7.54. The standard InChI is InChI=1S/C15H24O4/c16-7-11-12(17)13(18)14(19-11)15-4-8-1-9(5-15)3-10(2-8)6-15/h8-14,16-18H,1-7H2. The highest BCUT2D eigenvalue weighted by molar-refractivity contribution is 5.09. The highest BCUT2D eigenvalue weighted by atomic mass is 16.6. The fraction of sp³-hybridized carbons (Fsp3) is 1.00. The molecule has 4 atom stereocenters. The lowest BCUT2D eigenvalue weighted by Crippen LogP contribution is -2.54. The van der Waals surface area contributed by atoms with Gasteiger partial charge in [0.25, 0.3) is 0 Å². The van der Waals surface area contributed by atoms with Gasteiger partial charge in [-0.25, -0.2) is 0 Å². The monoisotopic (exact) mass is 268 g/mol. The minimum Gasteiger partial charge on any atom is -0.394 e. The van der Waals surface area contributed by atoms with Gasteiger partial charge in [-0.1, -0.05) is 0 Å². The van der Waals surface area contributed by atoms with Crippen LogP contribution in [0.25, 0.3) is 0 Å². The maximum Gasteiger partial charge on any atom is 0.111 e. The SMILES string of the molecule is OCC1OC(C23CC4CC(CC(C4)C2)C3)C(O)C1O. The van der Waals surface area contributed by atoms with E-state index in [4.69, 9.17) is 4.74 Å². The fourth-order valence-electron chi connectivity index (χ4n) is 5.93. The molecule has 1 saturated heterocycles. The summed E-state index contributed by atoms with van der Waals surface area (Å²) in [6.45, 7) is -0.207. The van der Waals surface area contributed by atoms with Crippen molar-refractivity contribution in [3.63, 3.8) is 0 Å². The highest BCUT2D eigenvalue weighted by Crippen LogP contribution is 2.63. The molecule has 0 amide bonds. The summed E-state index contributed by atoms with van der Waals surface area (Å²) in [5.74, 6) is 2.40. The van der Waals surface area contributed by atoms with E-state index in [0.29, 0.717) is 0 Å². The van der Waals surface area contributed by atoms with Crippen LogP contribution < -0.4 is 0 Å². The first-order valence-corrected chi connectivity index (χ1v) is 7.74. The second-order valence-electron chi connectivity index (χ2n) is 7.54. The van der Waals surface area contributed by atoms with E-state index in [1.54, 1.807) is 0 Å². The molecule has 1 heterocycles. The van der Waals surface area contributed by atoms with Gasteiger partial charge in [-0.2, -0.15) is 0 Å². The van der Waals surface area contributed by atoms with Gasteiger partial charge in [0.15, 0.2) is 0 Å². The number of hydrogen-bond acceptors (Lipinski definition) is 4. The number of aliphatic hydroxyl groups is 3. The third kappa shape index (κ3) is 1.73. The van der Waals surface area contributed by atoms with Crippen LogP contribution in [0.3, 0.4) is 0 Å². The minimum atomic E-state index is -0.928. The van der Waals surface area contributed by atoms with E-state index in [-0.39, 0.29) is 18.1 Å². The largest absolute Gasteiger partial charge is 0.394 e. The molecule has 19 heavy (non-hydrogen) atoms. The van der Waals surface area contributed by atoms with Crippen LogP contribution in [0, 0.1) is 23.2 Å². The average Bonchev–Trinajstić information content (AvgIpc) is 2.65. The fourth-order valence-corrected chi connectivity index (χ4v) is 5.93. The summed E-state index contributed by atoms with van der Waals surface area (Å²) >= 11 is 0. The van der Waals surface area contributed by atoms with Crippen LogP contribution in [0.4, 0.5) is 0 Å². The van der Waals surface area contributed by atoms with E-state index in [9.17, 15) is 15.3 Å². The van der Waals surface area contributed by atoms with Crippen molar-refractivity contribution in [1.82, 2.24) is 0 Å². The smallest absolute Gasteiger partial charge is 0.111 e. The Morgan fingerprint density at radius 2 is 1.42 bits per heavy atom. The van der Waals surface area contributed by atoms with Gasteiger partial charge in [0.2, 0.25) is 0 Å². The third-order valence-corrected chi connectivity index (χ3v) is 6.23. The van der Waals surface area contributed by atoms with Gasteiger partial charge in [-0.3, -0.25) is 0 Å². The average molecular weight is 268 g/mol. The van der Waals surface area contributed by atoms with Gasteiger partial charge < -0.3 is 20.1 Å². The number of hydrogen-bond donors (Lipinski definition) is 3. The maximum absolute atomic E-state index is 10.3. The molecule has 4 aliphatic carbocycles. The van der Waals surface area contributed by atoms with Crippen molar-refractivity contribution in [2.24, 2.45) is 23.2 Å². The zero-order valence-corrected chi connectivity index (χ0v) is 11.2. The number of rotatable bonds is 2. The molecular formula is C15H24O4. The lowest BCUT2D eigenvalue weighted by molar-refractivity contribution is -0.159. The molecule has 5 fully saturated rings. The molecule has 4 saturated carbocycles. The molecule has 4 nitrogen and oxygen atoms in total. The molecule has 108 valence electrons. The Morgan fingerprint density at radius 1 is 0.895 bits per heavy atom. The van der Waals surface area contributed by atoms with Gasteiger partial charge in [-0.15, -0.1) is 0 Å². The van der Waals surface area contributed by atoms with E-state index < -0.39 is 18.3 Å². The predicted molar refractivity (Wildman–Crippen MR) is 68.4 cm³/mol. The molecule has 4 bridgehead atoms. The Kier molecular flexibility index (Phi) is 2.76. The molecule has 4 heteroatoms. The lowest BCUT2D eigenvalue weighted by Gasteiger charge is -2.59. The Balaban J connectivity index is 1.62. The zero-order chi connectivity index (χ0) is 13.2. The van der Waals surface area contributed by atoms with Crippen molar-refractivity contribution in [2.45, 2.75) is 62.9 Å². The van der Waals surface area contributed by atoms with Gasteiger partial charge in [-0.05, 0) is 56.3 Å². The van der Waals surface area contributed by atoms with Crippen molar-refractivity contribution in [2.75, 3.05) is 6.61 Å². The van der Waals surface area contributed by atoms with Crippen LogP contribution in [0.2, 0.25) is 0 Å². The van der Waals surface area contributed by atoms with Crippen LogP contribution in [0.5, 0.6) is 0 Å². The normalized spacial score (nSPS) is 59.8. The summed E-state index contributed by atoms with van der Waals surface area (Å²) in [7, 11) is 0. The summed E-state index contributed by atoms with van der Waals surface area (Å²) in [5.41, 5.74) is 0.0685. The lowest BCUT2D eigenvalue weighted by atomic mass is 9.48. The Bertz CT molecular complexity index is 334. The van der Waals surface area contributed by atoms with E-state index in [1.807, 2.05) is 0 Å². The molecule has 0 spiro atoms. The van der Waals surface area contributed by atoms with E-state index >= 15 is 0 Å². The van der Waals surface area contributed by atoms with E-state index in [2.05, 4.69) is 0 Å². The Morgan fingerprint density at radius 3 is 1.84 bits per heavy atom. The van der Waals surface area contributed by atoms with Crippen LogP contribution in [-0.4, -0.2) is 46.3 Å². The minimum absolute atomic E-state index is 0.0685. The van der Waals surface area contributed by atoms with Crippen molar-refractivity contribution < 1.29 is 20.1 Å². The van der Waals surface area contributed by atoms with E-state index in [1.165, 1.54) is 19.3 Å². The maximum atomic E-state index is 10.3. The van der Waals surface area contributed by atoms with Crippen LogP contribution >= 0.6 is 0 Å². The van der Waals surface area contributed by atoms with E-state index in [0.717, 1.165) is 37.0 Å². The first-order valence-electron chi connectivity index (χ1n) is 7.74. The molecule has 0 aromatic rings. The van der Waals surface area contributed by atoms with Crippen molar-refractivity contribution in [1.29, 1.82) is 0 Å². The molecular weight excluding hydrogens is 244 g/mol. The first kappa shape index (κ1) is 12.6. The van der Waals surface area contributed by atoms with Gasteiger partial charge in [0.1, 0.15) is 18.3 Å². The second kappa shape index (κ2) is 4.17. The molecule has 0 radical (unpaired) electrons. The van der Waals surface area contributed by atoms with Gasteiger partial charge in [0, 0.05) is 5.41 Å². The molecule has 1 aliphatic heterocycles. The zero-order valence-electron chi connectivity index (χ0n) is 11.2. The summed E-state index contributed by atoms with van der Waals surface area (Å²) < 4.78 is 5.87. The number of aliphatic hydroxyl groups excluding tert-OH is 3. The topological polar surface area (TPSA) is 69.9 Å². The summed E-state index contributed by atoms with van der Waals surface area (Å²) in [6.07, 6.45) is 4.87. The van der Waals surface area contributed by atoms with Crippen LogP contribution in [0.15, 0.2) is 0 Å². The van der Waals surface area contributed by atoms with Crippen molar-refractivity contribution >= 4 is 0 Å². The summed E-state index contributed by atoms with van der Waals surface area (Å²) in [4.78, 5) is 0. The third-order valence-electron chi connectivity index (χ3n) is 6.23. The van der Waals surface area contributed by atoms with Crippen LogP contribution in [0.1, 0.15) is 38.5 Å². The first-order chi connectivity index (χ1) is 9.11. The molecule has 0 aromatic carbocycles. The Hall–Kier alpha value is -0.160. The molecule has 3 N–H and O–H groups in total. The predicted octanol–water partition coefficient (Wildman–Crippen LogP) is 0.684. The summed E-state index contributed by atoms with van der Waals surface area (Å²) in [5, 5.41) is 29.6. The Labute approximate surface area is 113 Å². The molecule has 5 rings (SSSR count). The molecule has 4 unspecified atom stereocenters. The van der Waals surface area contributed by atoms with Gasteiger partial charge in [0.05, 0.1) is 12.7 Å². The highest BCUT2D eigenvalue weighted by Gasteiger charge is 2.60. The van der Waals surface area contributed by atoms with Crippen LogP contribution in [-0.2, 0) is 4.74 Å². The molecule has 0 aromatic heterocycles. The van der Waals surface area contributed by atoms with Crippen molar-refractivity contribution in [3.8, 4) is 0 Å². The summed E-state index contributed by atoms with van der Waals surface area (Å²) in [6, 6.07) is 0. The van der Waals surface area contributed by atoms with Crippen molar-refractivity contribution in [3.05, 3.63) is 0 Å². The van der Waals surface area contributed by atoms with Gasteiger partial charge >= 0.3 is 0 Å². The number of ether oxygens (including phenoxy) is 1. The molecule has 5 aliphatic rings.